The highest BCUT2D eigenvalue weighted by atomic mass is 16.5. The molecular weight excluding hydrogens is 292 g/mol. The fourth-order valence-electron chi connectivity index (χ4n) is 2.86. The van der Waals surface area contributed by atoms with Gasteiger partial charge in [0.2, 0.25) is 11.9 Å². The van der Waals surface area contributed by atoms with Gasteiger partial charge in [0, 0.05) is 26.7 Å². The molecule has 0 saturated heterocycles. The molecule has 7 heteroatoms. The second-order valence-electron chi connectivity index (χ2n) is 5.93. The van der Waals surface area contributed by atoms with Crippen LogP contribution < -0.4 is 15.8 Å². The number of ether oxygens (including phenoxy) is 1. The molecule has 0 unspecified atom stereocenters. The van der Waals surface area contributed by atoms with Crippen molar-refractivity contribution in [2.24, 2.45) is 7.05 Å². The van der Waals surface area contributed by atoms with Crippen molar-refractivity contribution < 1.29 is 4.74 Å². The van der Waals surface area contributed by atoms with E-state index in [4.69, 9.17) is 10.5 Å². The minimum Gasteiger partial charge on any atom is -0.493 e. The smallest absolute Gasteiger partial charge is 0.241 e. The lowest BCUT2D eigenvalue weighted by molar-refractivity contribution is 0.288. The molecular formula is C16H24N6O. The fraction of sp³-hybridized carbons (Fsp3) is 0.500. The van der Waals surface area contributed by atoms with Gasteiger partial charge in [0.25, 0.3) is 0 Å². The molecule has 124 valence electrons. The van der Waals surface area contributed by atoms with Crippen molar-refractivity contribution in [2.45, 2.75) is 19.4 Å². The van der Waals surface area contributed by atoms with Crippen molar-refractivity contribution in [1.29, 1.82) is 0 Å². The van der Waals surface area contributed by atoms with E-state index in [2.05, 4.69) is 45.5 Å². The first kappa shape index (κ1) is 15.6. The Morgan fingerprint density at radius 3 is 3.00 bits per heavy atom. The van der Waals surface area contributed by atoms with Gasteiger partial charge in [-0.15, -0.1) is 5.10 Å². The number of nitrogen functional groups attached to an aromatic ring is 1. The summed E-state index contributed by atoms with van der Waals surface area (Å²) < 4.78 is 7.63. The lowest BCUT2D eigenvalue weighted by Crippen LogP contribution is -2.26. The molecule has 23 heavy (non-hydrogen) atoms. The van der Waals surface area contributed by atoms with Gasteiger partial charge >= 0.3 is 0 Å². The van der Waals surface area contributed by atoms with E-state index in [9.17, 15) is 0 Å². The molecule has 3 rings (SSSR count). The molecule has 0 amide bonds. The normalized spacial score (nSPS) is 14.5. The number of aryl methyl sites for hydroxylation is 1. The minimum atomic E-state index is 0.284. The molecule has 0 radical (unpaired) electrons. The van der Waals surface area contributed by atoms with Crippen LogP contribution in [-0.2, 0) is 20.0 Å². The van der Waals surface area contributed by atoms with E-state index in [0.29, 0.717) is 12.6 Å². The third-order valence-electron chi connectivity index (χ3n) is 4.06. The Hall–Kier alpha value is -2.28. The predicted molar refractivity (Wildman–Crippen MR) is 90.5 cm³/mol. The molecule has 0 saturated carbocycles. The van der Waals surface area contributed by atoms with Gasteiger partial charge in [-0.25, -0.2) is 4.68 Å². The Labute approximate surface area is 136 Å². The number of hydrogen-bond donors (Lipinski definition) is 2. The lowest BCUT2D eigenvalue weighted by atomic mass is 9.99. The summed E-state index contributed by atoms with van der Waals surface area (Å²) >= 11 is 0. The van der Waals surface area contributed by atoms with E-state index < -0.39 is 0 Å². The Kier molecular flexibility index (Phi) is 4.66. The molecule has 0 atom stereocenters. The van der Waals surface area contributed by atoms with E-state index in [1.165, 1.54) is 11.1 Å². The minimum absolute atomic E-state index is 0.284. The molecule has 0 bridgehead atoms. The van der Waals surface area contributed by atoms with Crippen LogP contribution >= 0.6 is 0 Å². The van der Waals surface area contributed by atoms with Crippen LogP contribution in [0.1, 0.15) is 17.5 Å². The fourth-order valence-corrected chi connectivity index (χ4v) is 2.86. The number of fused-ring (bicyclic) bond motifs is 1. The lowest BCUT2D eigenvalue weighted by Gasteiger charge is -2.26. The Bertz CT molecular complexity index is 669. The number of benzene rings is 1. The second-order valence-corrected chi connectivity index (χ2v) is 5.93. The van der Waals surface area contributed by atoms with Gasteiger partial charge in [-0.2, -0.15) is 4.98 Å². The highest BCUT2D eigenvalue weighted by Gasteiger charge is 2.16. The predicted octanol–water partition coefficient (Wildman–Crippen LogP) is 1.27. The SMILES string of the molecule is CN1CCc2c(cccc2OCCCNc2nc(N)nn2C)C1. The summed E-state index contributed by atoms with van der Waals surface area (Å²) in [5.41, 5.74) is 8.29. The van der Waals surface area contributed by atoms with Gasteiger partial charge in [0.15, 0.2) is 0 Å². The van der Waals surface area contributed by atoms with Gasteiger partial charge in [0.1, 0.15) is 5.75 Å². The van der Waals surface area contributed by atoms with Crippen LogP contribution in [0.15, 0.2) is 18.2 Å². The molecule has 3 N–H and O–H groups in total. The standard InChI is InChI=1S/C16H24N6O/c1-21-9-7-13-12(11-21)5-3-6-14(13)23-10-4-8-18-16-19-15(17)20-22(16)2/h3,5-6H,4,7-11H2,1-2H3,(H3,17,18,19,20). The second kappa shape index (κ2) is 6.87. The molecule has 1 aliphatic rings. The van der Waals surface area contributed by atoms with Crippen LogP contribution in [0.2, 0.25) is 0 Å². The van der Waals surface area contributed by atoms with Gasteiger partial charge < -0.3 is 20.7 Å². The van der Waals surface area contributed by atoms with Crippen LogP contribution in [0.5, 0.6) is 5.75 Å². The molecule has 7 nitrogen and oxygen atoms in total. The number of aromatic nitrogens is 3. The van der Waals surface area contributed by atoms with Crippen LogP contribution in [0.25, 0.3) is 0 Å². The van der Waals surface area contributed by atoms with E-state index >= 15 is 0 Å². The summed E-state index contributed by atoms with van der Waals surface area (Å²) in [5, 5.41) is 7.21. The average Bonchev–Trinajstić information content (AvgIpc) is 2.84. The number of nitrogens with zero attached hydrogens (tertiary/aromatic N) is 4. The summed E-state index contributed by atoms with van der Waals surface area (Å²) in [7, 11) is 3.97. The number of anilines is 2. The first-order chi connectivity index (χ1) is 11.1. The molecule has 0 spiro atoms. The Morgan fingerprint density at radius 2 is 2.22 bits per heavy atom. The maximum absolute atomic E-state index is 5.99. The van der Waals surface area contributed by atoms with E-state index in [-0.39, 0.29) is 5.95 Å². The monoisotopic (exact) mass is 316 g/mol. The average molecular weight is 316 g/mol. The van der Waals surface area contributed by atoms with Crippen molar-refractivity contribution in [3.63, 3.8) is 0 Å². The molecule has 1 aromatic carbocycles. The number of nitrogens with one attached hydrogen (secondary N) is 1. The van der Waals surface area contributed by atoms with Crippen molar-refractivity contribution in [3.8, 4) is 5.75 Å². The van der Waals surface area contributed by atoms with Gasteiger partial charge in [0.05, 0.1) is 6.61 Å². The van der Waals surface area contributed by atoms with E-state index in [1.54, 1.807) is 4.68 Å². The van der Waals surface area contributed by atoms with Gasteiger partial charge in [-0.05, 0) is 37.1 Å². The van der Waals surface area contributed by atoms with Crippen LogP contribution in [-0.4, -0.2) is 46.4 Å². The first-order valence-corrected chi connectivity index (χ1v) is 7.96. The zero-order chi connectivity index (χ0) is 16.2. The van der Waals surface area contributed by atoms with E-state index in [1.807, 2.05) is 7.05 Å². The zero-order valence-electron chi connectivity index (χ0n) is 13.7. The summed E-state index contributed by atoms with van der Waals surface area (Å²) in [5.74, 6) is 1.99. The van der Waals surface area contributed by atoms with Crippen LogP contribution in [0.3, 0.4) is 0 Å². The summed E-state index contributed by atoms with van der Waals surface area (Å²) in [6.07, 6.45) is 1.94. The maximum atomic E-state index is 5.99. The molecule has 0 fully saturated rings. The number of hydrogen-bond acceptors (Lipinski definition) is 6. The van der Waals surface area contributed by atoms with Crippen molar-refractivity contribution in [3.05, 3.63) is 29.3 Å². The zero-order valence-corrected chi connectivity index (χ0v) is 13.7. The van der Waals surface area contributed by atoms with Crippen LogP contribution in [0, 0.1) is 0 Å². The van der Waals surface area contributed by atoms with Gasteiger partial charge in [-0.3, -0.25) is 0 Å². The first-order valence-electron chi connectivity index (χ1n) is 7.96. The summed E-state index contributed by atoms with van der Waals surface area (Å²) in [6, 6.07) is 6.34. The van der Waals surface area contributed by atoms with Crippen molar-refractivity contribution in [2.75, 3.05) is 37.8 Å². The number of nitrogens with two attached hydrogens (primary N) is 1. The molecule has 1 aromatic heterocycles. The van der Waals surface area contributed by atoms with Crippen molar-refractivity contribution >= 4 is 11.9 Å². The Balaban J connectivity index is 1.48. The van der Waals surface area contributed by atoms with Crippen molar-refractivity contribution in [1.82, 2.24) is 19.7 Å². The maximum Gasteiger partial charge on any atom is 0.241 e. The summed E-state index contributed by atoms with van der Waals surface area (Å²) in [6.45, 7) is 3.53. The highest BCUT2D eigenvalue weighted by molar-refractivity contribution is 5.41. The highest BCUT2D eigenvalue weighted by Crippen LogP contribution is 2.27. The third kappa shape index (κ3) is 3.73. The van der Waals surface area contributed by atoms with Crippen LogP contribution in [0.4, 0.5) is 11.9 Å². The molecule has 2 aromatic rings. The molecule has 1 aliphatic heterocycles. The number of rotatable bonds is 6. The molecule has 2 heterocycles. The van der Waals surface area contributed by atoms with E-state index in [0.717, 1.165) is 38.2 Å². The number of likely N-dealkylation sites (N-methyl/N-ethyl adjacent to an activating group) is 1. The topological polar surface area (TPSA) is 81.2 Å². The quantitative estimate of drug-likeness (QED) is 0.781. The van der Waals surface area contributed by atoms with Gasteiger partial charge in [-0.1, -0.05) is 12.1 Å². The third-order valence-corrected chi connectivity index (χ3v) is 4.06. The molecule has 0 aliphatic carbocycles. The largest absolute Gasteiger partial charge is 0.493 e. The summed E-state index contributed by atoms with van der Waals surface area (Å²) in [4.78, 5) is 6.44. The Morgan fingerprint density at radius 1 is 1.35 bits per heavy atom.